The summed E-state index contributed by atoms with van der Waals surface area (Å²) in [6, 6.07) is 7.88. The number of carbonyl (C=O) groups is 2. The van der Waals surface area contributed by atoms with Crippen LogP contribution < -0.4 is 10.6 Å². The lowest BCUT2D eigenvalue weighted by Crippen LogP contribution is -2.40. The summed E-state index contributed by atoms with van der Waals surface area (Å²) in [5.74, 6) is -0.0545. The third-order valence-electron chi connectivity index (χ3n) is 4.27. The molecule has 6 heteroatoms. The molecule has 2 unspecified atom stereocenters. The van der Waals surface area contributed by atoms with Crippen molar-refractivity contribution in [2.75, 3.05) is 13.1 Å². The second-order valence-corrected chi connectivity index (χ2v) is 5.85. The first-order valence-corrected chi connectivity index (χ1v) is 7.71. The molecule has 2 aliphatic heterocycles. The lowest BCUT2D eigenvalue weighted by molar-refractivity contribution is -0.130. The van der Waals surface area contributed by atoms with E-state index in [1.54, 1.807) is 11.1 Å². The molecule has 1 fully saturated rings. The van der Waals surface area contributed by atoms with Gasteiger partial charge in [-0.05, 0) is 30.2 Å². The summed E-state index contributed by atoms with van der Waals surface area (Å²) in [5.41, 5.74) is 2.10. The van der Waals surface area contributed by atoms with Crippen LogP contribution in [0.2, 0.25) is 0 Å². The highest BCUT2D eigenvalue weighted by Gasteiger charge is 2.29. The van der Waals surface area contributed by atoms with Crippen LogP contribution in [0.15, 0.2) is 30.5 Å². The van der Waals surface area contributed by atoms with Crippen LogP contribution in [0.4, 0.5) is 0 Å². The molecule has 23 heavy (non-hydrogen) atoms. The molecule has 5 nitrogen and oxygen atoms in total. The Morgan fingerprint density at radius 1 is 1.35 bits per heavy atom. The van der Waals surface area contributed by atoms with Crippen LogP contribution in [-0.4, -0.2) is 35.8 Å². The Labute approximate surface area is 142 Å². The monoisotopic (exact) mass is 335 g/mol. The summed E-state index contributed by atoms with van der Waals surface area (Å²) in [6.45, 7) is 3.30. The van der Waals surface area contributed by atoms with Crippen molar-refractivity contribution in [1.29, 1.82) is 0 Å². The van der Waals surface area contributed by atoms with Gasteiger partial charge < -0.3 is 15.5 Å². The van der Waals surface area contributed by atoms with Crippen LogP contribution in [0.25, 0.3) is 6.08 Å². The number of rotatable bonds is 3. The summed E-state index contributed by atoms with van der Waals surface area (Å²) in [5, 5.41) is 6.29. The smallest absolute Gasteiger partial charge is 0.223 e. The van der Waals surface area contributed by atoms with E-state index in [4.69, 9.17) is 0 Å². The molecular weight excluding hydrogens is 314 g/mol. The Hall–Kier alpha value is -1.85. The Morgan fingerprint density at radius 3 is 2.83 bits per heavy atom. The van der Waals surface area contributed by atoms with Crippen molar-refractivity contribution >= 4 is 30.3 Å². The summed E-state index contributed by atoms with van der Waals surface area (Å²) < 4.78 is 0. The molecule has 2 aliphatic rings. The highest BCUT2D eigenvalue weighted by atomic mass is 35.5. The quantitative estimate of drug-likeness (QED) is 0.886. The fourth-order valence-corrected chi connectivity index (χ4v) is 3.15. The van der Waals surface area contributed by atoms with Crippen molar-refractivity contribution in [1.82, 2.24) is 15.5 Å². The summed E-state index contributed by atoms with van der Waals surface area (Å²) in [6.07, 6.45) is 4.95. The molecule has 1 saturated heterocycles. The normalized spacial score (nSPS) is 22.2. The molecule has 1 aromatic carbocycles. The predicted octanol–water partition coefficient (Wildman–Crippen LogP) is 1.85. The molecule has 2 N–H and O–H groups in total. The van der Waals surface area contributed by atoms with Crippen molar-refractivity contribution in [2.45, 2.75) is 31.8 Å². The van der Waals surface area contributed by atoms with E-state index in [0.717, 1.165) is 30.6 Å². The molecule has 2 heterocycles. The number of nitrogens with zero attached hydrogens (tertiary/aromatic N) is 1. The molecule has 0 radical (unpaired) electrons. The van der Waals surface area contributed by atoms with Crippen LogP contribution in [0.5, 0.6) is 0 Å². The Balaban J connectivity index is 0.00000192. The van der Waals surface area contributed by atoms with Gasteiger partial charge in [-0.25, -0.2) is 0 Å². The second kappa shape index (κ2) is 7.62. The standard InChI is InChI=1S/C17H21N3O2.ClH/c1-12(21)20-9-7-13-4-2-3-5-15(13)16(20)10-17(22)19-14-6-8-18-11-14;/h2-5,7,9,14,16,18H,6,8,10-11H2,1H3,(H,19,22);1H. The van der Waals surface area contributed by atoms with E-state index >= 15 is 0 Å². The number of halogens is 1. The number of nitrogens with one attached hydrogen (secondary N) is 2. The molecule has 3 rings (SSSR count). The molecule has 2 atom stereocenters. The van der Waals surface area contributed by atoms with E-state index in [0.29, 0.717) is 0 Å². The van der Waals surface area contributed by atoms with E-state index in [1.165, 1.54) is 6.92 Å². The molecule has 124 valence electrons. The van der Waals surface area contributed by atoms with Gasteiger partial charge in [0.15, 0.2) is 0 Å². The SMILES string of the molecule is CC(=O)N1C=Cc2ccccc2C1CC(=O)NC1CCNC1.Cl. The third kappa shape index (κ3) is 3.92. The average Bonchev–Trinajstić information content (AvgIpc) is 3.00. The number of amides is 2. The van der Waals surface area contributed by atoms with E-state index in [9.17, 15) is 9.59 Å². The first-order valence-electron chi connectivity index (χ1n) is 7.71. The first kappa shape index (κ1) is 17.5. The van der Waals surface area contributed by atoms with Gasteiger partial charge in [-0.15, -0.1) is 12.4 Å². The van der Waals surface area contributed by atoms with Gasteiger partial charge in [-0.1, -0.05) is 24.3 Å². The van der Waals surface area contributed by atoms with Gasteiger partial charge in [0.05, 0.1) is 12.5 Å². The van der Waals surface area contributed by atoms with Crippen molar-refractivity contribution < 1.29 is 9.59 Å². The van der Waals surface area contributed by atoms with Gasteiger partial charge >= 0.3 is 0 Å². The average molecular weight is 336 g/mol. The molecule has 0 aliphatic carbocycles. The number of fused-ring (bicyclic) bond motifs is 1. The van der Waals surface area contributed by atoms with Crippen LogP contribution in [0.1, 0.15) is 36.9 Å². The summed E-state index contributed by atoms with van der Waals surface area (Å²) in [7, 11) is 0. The van der Waals surface area contributed by atoms with E-state index < -0.39 is 0 Å². The van der Waals surface area contributed by atoms with Crippen molar-refractivity contribution in [3.05, 3.63) is 41.6 Å². The Morgan fingerprint density at radius 2 is 2.13 bits per heavy atom. The zero-order valence-electron chi connectivity index (χ0n) is 13.1. The van der Waals surface area contributed by atoms with E-state index in [2.05, 4.69) is 10.6 Å². The Kier molecular flexibility index (Phi) is 5.80. The maximum absolute atomic E-state index is 12.3. The van der Waals surface area contributed by atoms with Gasteiger partial charge in [0.1, 0.15) is 0 Å². The van der Waals surface area contributed by atoms with Gasteiger partial charge in [0, 0.05) is 25.7 Å². The van der Waals surface area contributed by atoms with Crippen LogP contribution in [-0.2, 0) is 9.59 Å². The minimum atomic E-state index is -0.229. The fourth-order valence-electron chi connectivity index (χ4n) is 3.15. The lowest BCUT2D eigenvalue weighted by atomic mass is 9.93. The van der Waals surface area contributed by atoms with Gasteiger partial charge in [0.25, 0.3) is 0 Å². The second-order valence-electron chi connectivity index (χ2n) is 5.85. The summed E-state index contributed by atoms with van der Waals surface area (Å²) in [4.78, 5) is 25.9. The highest BCUT2D eigenvalue weighted by molar-refractivity contribution is 5.85. The molecule has 0 spiro atoms. The van der Waals surface area contributed by atoms with Gasteiger partial charge in [-0.3, -0.25) is 9.59 Å². The number of hydrogen-bond donors (Lipinski definition) is 2. The lowest BCUT2D eigenvalue weighted by Gasteiger charge is -2.32. The zero-order valence-corrected chi connectivity index (χ0v) is 13.9. The number of hydrogen-bond acceptors (Lipinski definition) is 3. The Bertz CT molecular complexity index is 612. The van der Waals surface area contributed by atoms with Crippen LogP contribution in [0, 0.1) is 0 Å². The molecule has 2 amide bonds. The molecule has 0 saturated carbocycles. The zero-order chi connectivity index (χ0) is 15.5. The third-order valence-corrected chi connectivity index (χ3v) is 4.27. The van der Waals surface area contributed by atoms with Crippen molar-refractivity contribution in [3.8, 4) is 0 Å². The van der Waals surface area contributed by atoms with E-state index in [-0.39, 0.29) is 42.7 Å². The van der Waals surface area contributed by atoms with Crippen molar-refractivity contribution in [3.63, 3.8) is 0 Å². The summed E-state index contributed by atoms with van der Waals surface area (Å²) >= 11 is 0. The minimum absolute atomic E-state index is 0. The topological polar surface area (TPSA) is 61.4 Å². The highest BCUT2D eigenvalue weighted by Crippen LogP contribution is 2.32. The van der Waals surface area contributed by atoms with Crippen LogP contribution >= 0.6 is 12.4 Å². The minimum Gasteiger partial charge on any atom is -0.352 e. The molecule has 0 bridgehead atoms. The van der Waals surface area contributed by atoms with Gasteiger partial charge in [-0.2, -0.15) is 0 Å². The van der Waals surface area contributed by atoms with Crippen LogP contribution in [0.3, 0.4) is 0 Å². The molecular formula is C17H22ClN3O2. The number of benzene rings is 1. The van der Waals surface area contributed by atoms with E-state index in [1.807, 2.05) is 30.3 Å². The fraction of sp³-hybridized carbons (Fsp3) is 0.412. The van der Waals surface area contributed by atoms with Crippen molar-refractivity contribution in [2.24, 2.45) is 0 Å². The largest absolute Gasteiger partial charge is 0.352 e. The maximum Gasteiger partial charge on any atom is 0.223 e. The number of carbonyl (C=O) groups excluding carboxylic acids is 2. The molecule has 1 aromatic rings. The molecule has 0 aromatic heterocycles. The first-order chi connectivity index (χ1) is 10.6. The maximum atomic E-state index is 12.3. The predicted molar refractivity (Wildman–Crippen MR) is 92.0 cm³/mol. The van der Waals surface area contributed by atoms with Gasteiger partial charge in [0.2, 0.25) is 11.8 Å².